The first kappa shape index (κ1) is 10.0. The molecular weight excluding hydrogens is 146 g/mol. The highest BCUT2D eigenvalue weighted by molar-refractivity contribution is 4.87. The van der Waals surface area contributed by atoms with Crippen LogP contribution in [-0.4, -0.2) is 12.1 Å². The van der Waals surface area contributed by atoms with Gasteiger partial charge in [0.2, 0.25) is 0 Å². The second kappa shape index (κ2) is 4.27. The standard InChI is InChI=1S/C11H23N/c1-8(2)7-10-5-6-11(10)12-9(3)4/h8-12H,5-7H2,1-4H3. The van der Waals surface area contributed by atoms with Crippen LogP contribution in [0.4, 0.5) is 0 Å². The molecule has 72 valence electrons. The Morgan fingerprint density at radius 2 is 1.83 bits per heavy atom. The lowest BCUT2D eigenvalue weighted by molar-refractivity contribution is 0.170. The summed E-state index contributed by atoms with van der Waals surface area (Å²) in [6, 6.07) is 1.48. The molecule has 0 aromatic carbocycles. The normalized spacial score (nSPS) is 29.5. The molecule has 0 aromatic heterocycles. The molecule has 1 rings (SSSR count). The lowest BCUT2D eigenvalue weighted by Crippen LogP contribution is -2.47. The molecule has 0 radical (unpaired) electrons. The second-order valence-electron chi connectivity index (χ2n) is 4.89. The molecule has 0 heterocycles. The van der Waals surface area contributed by atoms with Crippen LogP contribution in [0.15, 0.2) is 0 Å². The zero-order valence-corrected chi connectivity index (χ0v) is 8.93. The SMILES string of the molecule is CC(C)CC1CCC1NC(C)C. The van der Waals surface area contributed by atoms with Crippen molar-refractivity contribution in [3.05, 3.63) is 0 Å². The Bertz CT molecular complexity index is 113. The summed E-state index contributed by atoms with van der Waals surface area (Å²) in [6.45, 7) is 9.13. The van der Waals surface area contributed by atoms with Crippen LogP contribution in [0.2, 0.25) is 0 Å². The molecular formula is C11H23N. The molecule has 0 aliphatic heterocycles. The first-order valence-corrected chi connectivity index (χ1v) is 5.35. The van der Waals surface area contributed by atoms with E-state index in [1.807, 2.05) is 0 Å². The van der Waals surface area contributed by atoms with Gasteiger partial charge in [0.15, 0.2) is 0 Å². The molecule has 1 aliphatic rings. The zero-order valence-electron chi connectivity index (χ0n) is 8.93. The quantitative estimate of drug-likeness (QED) is 0.682. The van der Waals surface area contributed by atoms with Crippen LogP contribution >= 0.6 is 0 Å². The van der Waals surface area contributed by atoms with Crippen molar-refractivity contribution in [2.24, 2.45) is 11.8 Å². The van der Waals surface area contributed by atoms with Crippen LogP contribution < -0.4 is 5.32 Å². The predicted octanol–water partition coefficient (Wildman–Crippen LogP) is 2.81. The zero-order chi connectivity index (χ0) is 9.14. The molecule has 0 amide bonds. The second-order valence-corrected chi connectivity index (χ2v) is 4.89. The molecule has 1 heteroatoms. The van der Waals surface area contributed by atoms with Gasteiger partial charge in [0.05, 0.1) is 0 Å². The van der Waals surface area contributed by atoms with E-state index in [0.29, 0.717) is 6.04 Å². The lowest BCUT2D eigenvalue weighted by Gasteiger charge is -2.39. The van der Waals surface area contributed by atoms with E-state index in [2.05, 4.69) is 33.0 Å². The molecule has 1 nitrogen and oxygen atoms in total. The van der Waals surface area contributed by atoms with Gasteiger partial charge in [0.1, 0.15) is 0 Å². The van der Waals surface area contributed by atoms with Crippen molar-refractivity contribution in [2.75, 3.05) is 0 Å². The predicted molar refractivity (Wildman–Crippen MR) is 54.2 cm³/mol. The van der Waals surface area contributed by atoms with Crippen molar-refractivity contribution in [1.82, 2.24) is 5.32 Å². The fourth-order valence-electron chi connectivity index (χ4n) is 2.10. The maximum absolute atomic E-state index is 3.63. The highest BCUT2D eigenvalue weighted by atomic mass is 15.0. The highest BCUT2D eigenvalue weighted by Crippen LogP contribution is 2.33. The van der Waals surface area contributed by atoms with Crippen LogP contribution in [0.1, 0.15) is 47.0 Å². The largest absolute Gasteiger partial charge is 0.312 e. The van der Waals surface area contributed by atoms with E-state index in [1.54, 1.807) is 0 Å². The Morgan fingerprint density at radius 3 is 2.17 bits per heavy atom. The van der Waals surface area contributed by atoms with Crippen molar-refractivity contribution in [3.8, 4) is 0 Å². The number of hydrogen-bond donors (Lipinski definition) is 1. The maximum atomic E-state index is 3.63. The Hall–Kier alpha value is -0.0400. The van der Waals surface area contributed by atoms with Crippen molar-refractivity contribution in [1.29, 1.82) is 0 Å². The number of nitrogens with one attached hydrogen (secondary N) is 1. The summed E-state index contributed by atoms with van der Waals surface area (Å²) >= 11 is 0. The third-order valence-corrected chi connectivity index (χ3v) is 2.74. The monoisotopic (exact) mass is 169 g/mol. The third kappa shape index (κ3) is 2.78. The van der Waals surface area contributed by atoms with E-state index in [1.165, 1.54) is 19.3 Å². The van der Waals surface area contributed by atoms with E-state index in [4.69, 9.17) is 0 Å². The first-order chi connectivity index (χ1) is 5.59. The fraction of sp³-hybridized carbons (Fsp3) is 1.00. The summed E-state index contributed by atoms with van der Waals surface area (Å²) in [6.07, 6.45) is 4.25. The minimum absolute atomic E-state index is 0.657. The molecule has 0 aromatic rings. The van der Waals surface area contributed by atoms with Crippen molar-refractivity contribution < 1.29 is 0 Å². The summed E-state index contributed by atoms with van der Waals surface area (Å²) in [7, 11) is 0. The molecule has 0 bridgehead atoms. The summed E-state index contributed by atoms with van der Waals surface area (Å²) in [4.78, 5) is 0. The van der Waals surface area contributed by atoms with E-state index < -0.39 is 0 Å². The average molecular weight is 169 g/mol. The van der Waals surface area contributed by atoms with Crippen molar-refractivity contribution in [2.45, 2.75) is 59.0 Å². The maximum Gasteiger partial charge on any atom is 0.00979 e. The van der Waals surface area contributed by atoms with Gasteiger partial charge in [-0.25, -0.2) is 0 Å². The first-order valence-electron chi connectivity index (χ1n) is 5.35. The summed E-state index contributed by atoms with van der Waals surface area (Å²) < 4.78 is 0. The minimum Gasteiger partial charge on any atom is -0.312 e. The van der Waals surface area contributed by atoms with Gasteiger partial charge >= 0.3 is 0 Å². The van der Waals surface area contributed by atoms with Gasteiger partial charge in [-0.2, -0.15) is 0 Å². The Labute approximate surface area is 76.9 Å². The summed E-state index contributed by atoms with van der Waals surface area (Å²) in [5.74, 6) is 1.83. The van der Waals surface area contributed by atoms with E-state index in [0.717, 1.165) is 17.9 Å². The molecule has 2 atom stereocenters. The van der Waals surface area contributed by atoms with Crippen molar-refractivity contribution in [3.63, 3.8) is 0 Å². The van der Waals surface area contributed by atoms with Gasteiger partial charge in [0.25, 0.3) is 0 Å². The van der Waals surface area contributed by atoms with Crippen LogP contribution in [0.25, 0.3) is 0 Å². The molecule has 1 fully saturated rings. The van der Waals surface area contributed by atoms with Crippen LogP contribution in [-0.2, 0) is 0 Å². The average Bonchev–Trinajstić information content (AvgIpc) is 1.93. The van der Waals surface area contributed by atoms with E-state index >= 15 is 0 Å². The highest BCUT2D eigenvalue weighted by Gasteiger charge is 2.30. The molecule has 2 unspecified atom stereocenters. The lowest BCUT2D eigenvalue weighted by atomic mass is 9.75. The third-order valence-electron chi connectivity index (χ3n) is 2.74. The van der Waals surface area contributed by atoms with Gasteiger partial charge < -0.3 is 5.32 Å². The van der Waals surface area contributed by atoms with Gasteiger partial charge in [0, 0.05) is 12.1 Å². The van der Waals surface area contributed by atoms with Gasteiger partial charge in [-0.05, 0) is 31.1 Å². The van der Waals surface area contributed by atoms with E-state index in [9.17, 15) is 0 Å². The van der Waals surface area contributed by atoms with Crippen LogP contribution in [0.5, 0.6) is 0 Å². The number of hydrogen-bond acceptors (Lipinski definition) is 1. The molecule has 1 N–H and O–H groups in total. The van der Waals surface area contributed by atoms with E-state index in [-0.39, 0.29) is 0 Å². The van der Waals surface area contributed by atoms with Crippen LogP contribution in [0, 0.1) is 11.8 Å². The Balaban J connectivity index is 2.20. The van der Waals surface area contributed by atoms with Crippen molar-refractivity contribution >= 4 is 0 Å². The topological polar surface area (TPSA) is 12.0 Å². The van der Waals surface area contributed by atoms with Gasteiger partial charge in [-0.15, -0.1) is 0 Å². The summed E-state index contributed by atoms with van der Waals surface area (Å²) in [5, 5.41) is 3.63. The molecule has 12 heavy (non-hydrogen) atoms. The van der Waals surface area contributed by atoms with Crippen LogP contribution in [0.3, 0.4) is 0 Å². The number of rotatable bonds is 4. The Kier molecular flexibility index (Phi) is 3.57. The molecule has 1 aliphatic carbocycles. The van der Waals surface area contributed by atoms with Gasteiger partial charge in [-0.3, -0.25) is 0 Å². The fourth-order valence-corrected chi connectivity index (χ4v) is 2.10. The summed E-state index contributed by atoms with van der Waals surface area (Å²) in [5.41, 5.74) is 0. The molecule has 0 saturated heterocycles. The Morgan fingerprint density at radius 1 is 1.17 bits per heavy atom. The van der Waals surface area contributed by atoms with Gasteiger partial charge in [-0.1, -0.05) is 27.7 Å². The minimum atomic E-state index is 0.657. The smallest absolute Gasteiger partial charge is 0.00979 e. The molecule has 0 spiro atoms. The molecule has 1 saturated carbocycles.